The SMILES string of the molecule is Cc1cc(N2CC3CN(S(=O)(=O)c4c(C)n[nH]c4C)CC3C2)ncn1. The summed E-state index contributed by atoms with van der Waals surface area (Å²) in [7, 11) is -3.49. The topological polar surface area (TPSA) is 95.1 Å². The predicted molar refractivity (Wildman–Crippen MR) is 92.8 cm³/mol. The van der Waals surface area contributed by atoms with Gasteiger partial charge in [-0.25, -0.2) is 18.4 Å². The van der Waals surface area contributed by atoms with Gasteiger partial charge in [0.15, 0.2) is 0 Å². The van der Waals surface area contributed by atoms with Crippen LogP contribution < -0.4 is 4.90 Å². The molecular formula is C16H22N6O2S. The molecule has 2 aromatic rings. The largest absolute Gasteiger partial charge is 0.356 e. The molecule has 2 saturated heterocycles. The molecule has 2 aliphatic rings. The van der Waals surface area contributed by atoms with Crippen molar-refractivity contribution in [3.8, 4) is 0 Å². The van der Waals surface area contributed by atoms with Crippen LogP contribution in [0.25, 0.3) is 0 Å². The summed E-state index contributed by atoms with van der Waals surface area (Å²) in [6.45, 7) is 8.20. The van der Waals surface area contributed by atoms with Gasteiger partial charge in [0.25, 0.3) is 0 Å². The normalized spacial score (nSPS) is 24.0. The lowest BCUT2D eigenvalue weighted by atomic mass is 10.0. The van der Waals surface area contributed by atoms with E-state index in [4.69, 9.17) is 0 Å². The Morgan fingerprint density at radius 2 is 1.76 bits per heavy atom. The Kier molecular flexibility index (Phi) is 3.80. The van der Waals surface area contributed by atoms with Gasteiger partial charge in [-0.2, -0.15) is 9.40 Å². The number of hydrogen-bond acceptors (Lipinski definition) is 6. The fraction of sp³-hybridized carbons (Fsp3) is 0.562. The molecule has 8 nitrogen and oxygen atoms in total. The molecule has 4 heterocycles. The van der Waals surface area contributed by atoms with E-state index in [1.165, 1.54) is 0 Å². The number of nitrogens with zero attached hydrogens (tertiary/aromatic N) is 5. The molecule has 0 aliphatic carbocycles. The standard InChI is InChI=1S/C16H22N6O2S/c1-10-4-15(18-9-17-10)21-5-13-7-22(8-14(13)6-21)25(23,24)16-11(2)19-20-12(16)3/h4,9,13-14H,5-8H2,1-3H3,(H,19,20). The Morgan fingerprint density at radius 3 is 2.32 bits per heavy atom. The summed E-state index contributed by atoms with van der Waals surface area (Å²) in [6, 6.07) is 1.98. The molecule has 2 aliphatic heterocycles. The van der Waals surface area contributed by atoms with Gasteiger partial charge < -0.3 is 4.90 Å². The van der Waals surface area contributed by atoms with Crippen LogP contribution in [0.2, 0.25) is 0 Å². The first-order chi connectivity index (χ1) is 11.9. The number of aromatic nitrogens is 4. The second kappa shape index (κ2) is 5.77. The lowest BCUT2D eigenvalue weighted by Gasteiger charge is -2.22. The molecule has 0 aromatic carbocycles. The lowest BCUT2D eigenvalue weighted by molar-refractivity contribution is 0.452. The second-order valence-corrected chi connectivity index (χ2v) is 8.90. The zero-order valence-corrected chi connectivity index (χ0v) is 15.4. The molecule has 2 fully saturated rings. The van der Waals surface area contributed by atoms with Gasteiger partial charge in [-0.05, 0) is 32.6 Å². The first kappa shape index (κ1) is 16.5. The van der Waals surface area contributed by atoms with Crippen LogP contribution in [-0.2, 0) is 10.0 Å². The van der Waals surface area contributed by atoms with Crippen LogP contribution in [0, 0.1) is 32.6 Å². The molecule has 2 atom stereocenters. The predicted octanol–water partition coefficient (Wildman–Crippen LogP) is 0.882. The van der Waals surface area contributed by atoms with Gasteiger partial charge >= 0.3 is 0 Å². The van der Waals surface area contributed by atoms with Crippen molar-refractivity contribution in [2.45, 2.75) is 25.7 Å². The summed E-state index contributed by atoms with van der Waals surface area (Å²) >= 11 is 0. The highest BCUT2D eigenvalue weighted by Crippen LogP contribution is 2.36. The number of anilines is 1. The van der Waals surface area contributed by atoms with Crippen LogP contribution in [0.1, 0.15) is 17.1 Å². The van der Waals surface area contributed by atoms with E-state index in [9.17, 15) is 8.42 Å². The lowest BCUT2D eigenvalue weighted by Crippen LogP contribution is -2.34. The summed E-state index contributed by atoms with van der Waals surface area (Å²) in [5, 5.41) is 6.81. The van der Waals surface area contributed by atoms with Gasteiger partial charge in [0, 0.05) is 37.9 Å². The van der Waals surface area contributed by atoms with Crippen LogP contribution in [0.15, 0.2) is 17.3 Å². The van der Waals surface area contributed by atoms with Crippen molar-refractivity contribution >= 4 is 15.8 Å². The fourth-order valence-electron chi connectivity index (χ4n) is 4.00. The van der Waals surface area contributed by atoms with Gasteiger partial charge in [-0.1, -0.05) is 0 Å². The maximum Gasteiger partial charge on any atom is 0.246 e. The fourth-order valence-corrected chi connectivity index (χ4v) is 5.88. The first-order valence-electron chi connectivity index (χ1n) is 8.41. The summed E-state index contributed by atoms with van der Waals surface area (Å²) in [4.78, 5) is 11.1. The molecule has 2 unspecified atom stereocenters. The van der Waals surface area contributed by atoms with E-state index in [0.29, 0.717) is 41.2 Å². The Hall–Kier alpha value is -2.00. The Labute approximate surface area is 147 Å². The highest BCUT2D eigenvalue weighted by molar-refractivity contribution is 7.89. The minimum atomic E-state index is -3.49. The van der Waals surface area contributed by atoms with Gasteiger partial charge in [0.05, 0.1) is 11.4 Å². The molecule has 0 spiro atoms. The second-order valence-electron chi connectivity index (χ2n) is 7.03. The van der Waals surface area contributed by atoms with Crippen molar-refractivity contribution < 1.29 is 8.42 Å². The van der Waals surface area contributed by atoms with Crippen molar-refractivity contribution in [2.24, 2.45) is 11.8 Å². The Balaban J connectivity index is 1.51. The molecule has 4 rings (SSSR count). The van der Waals surface area contributed by atoms with Crippen molar-refractivity contribution in [1.82, 2.24) is 24.5 Å². The first-order valence-corrected chi connectivity index (χ1v) is 9.85. The molecule has 134 valence electrons. The number of H-pyrrole nitrogens is 1. The summed E-state index contributed by atoms with van der Waals surface area (Å²) in [5.41, 5.74) is 2.08. The number of hydrogen-bond donors (Lipinski definition) is 1. The monoisotopic (exact) mass is 362 g/mol. The molecule has 1 N–H and O–H groups in total. The third-order valence-electron chi connectivity index (χ3n) is 5.22. The van der Waals surface area contributed by atoms with E-state index < -0.39 is 10.0 Å². The molecule has 2 aromatic heterocycles. The summed E-state index contributed by atoms with van der Waals surface area (Å²) in [6.07, 6.45) is 1.58. The molecule has 25 heavy (non-hydrogen) atoms. The average molecular weight is 362 g/mol. The van der Waals surface area contributed by atoms with E-state index in [1.807, 2.05) is 13.0 Å². The number of fused-ring (bicyclic) bond motifs is 1. The molecule has 0 radical (unpaired) electrons. The number of sulfonamides is 1. The zero-order valence-electron chi connectivity index (χ0n) is 14.6. The smallest absolute Gasteiger partial charge is 0.246 e. The molecule has 0 saturated carbocycles. The summed E-state index contributed by atoms with van der Waals surface area (Å²) < 4.78 is 27.6. The number of aryl methyl sites for hydroxylation is 3. The van der Waals surface area contributed by atoms with Crippen molar-refractivity contribution in [2.75, 3.05) is 31.1 Å². The minimum Gasteiger partial charge on any atom is -0.356 e. The van der Waals surface area contributed by atoms with Crippen LogP contribution in [-0.4, -0.2) is 59.1 Å². The minimum absolute atomic E-state index is 0.329. The van der Waals surface area contributed by atoms with Crippen LogP contribution in [0.5, 0.6) is 0 Å². The van der Waals surface area contributed by atoms with E-state index in [-0.39, 0.29) is 0 Å². The highest BCUT2D eigenvalue weighted by Gasteiger charge is 2.45. The number of nitrogens with one attached hydrogen (secondary N) is 1. The van der Waals surface area contributed by atoms with E-state index in [0.717, 1.165) is 24.6 Å². The molecular weight excluding hydrogens is 340 g/mol. The quantitative estimate of drug-likeness (QED) is 0.871. The molecule has 0 bridgehead atoms. The highest BCUT2D eigenvalue weighted by atomic mass is 32.2. The molecule has 0 amide bonds. The van der Waals surface area contributed by atoms with Crippen molar-refractivity contribution in [3.63, 3.8) is 0 Å². The van der Waals surface area contributed by atoms with Gasteiger partial charge in [0.2, 0.25) is 10.0 Å². The van der Waals surface area contributed by atoms with E-state index in [1.54, 1.807) is 24.5 Å². The van der Waals surface area contributed by atoms with Crippen molar-refractivity contribution in [1.29, 1.82) is 0 Å². The number of rotatable bonds is 3. The van der Waals surface area contributed by atoms with Crippen molar-refractivity contribution in [3.05, 3.63) is 29.5 Å². The van der Waals surface area contributed by atoms with Crippen LogP contribution >= 0.6 is 0 Å². The van der Waals surface area contributed by atoms with Crippen LogP contribution in [0.3, 0.4) is 0 Å². The third-order valence-corrected chi connectivity index (χ3v) is 7.32. The van der Waals surface area contributed by atoms with E-state index in [2.05, 4.69) is 25.1 Å². The molecule has 9 heteroatoms. The van der Waals surface area contributed by atoms with Crippen LogP contribution in [0.4, 0.5) is 5.82 Å². The van der Waals surface area contributed by atoms with Gasteiger partial charge in [0.1, 0.15) is 17.0 Å². The average Bonchev–Trinajstić information content (AvgIpc) is 3.20. The van der Waals surface area contributed by atoms with Gasteiger partial charge in [-0.15, -0.1) is 0 Å². The third kappa shape index (κ3) is 2.71. The maximum absolute atomic E-state index is 13.0. The Bertz CT molecular complexity index is 876. The Morgan fingerprint density at radius 1 is 1.08 bits per heavy atom. The maximum atomic E-state index is 13.0. The zero-order chi connectivity index (χ0) is 17.8. The summed E-state index contributed by atoms with van der Waals surface area (Å²) in [5.74, 6) is 1.59. The van der Waals surface area contributed by atoms with Gasteiger partial charge in [-0.3, -0.25) is 5.10 Å². The number of aromatic amines is 1. The van der Waals surface area contributed by atoms with E-state index >= 15 is 0 Å².